The van der Waals surface area contributed by atoms with Crippen molar-refractivity contribution < 1.29 is 9.57 Å². The van der Waals surface area contributed by atoms with Gasteiger partial charge in [0.1, 0.15) is 5.75 Å². The van der Waals surface area contributed by atoms with Gasteiger partial charge in [-0.05, 0) is 38.2 Å². The number of para-hydroxylation sites is 1. The summed E-state index contributed by atoms with van der Waals surface area (Å²) in [6, 6.07) is 6.63. The van der Waals surface area contributed by atoms with Crippen LogP contribution in [-0.2, 0) is 4.84 Å². The predicted octanol–water partition coefficient (Wildman–Crippen LogP) is 3.67. The lowest BCUT2D eigenvalue weighted by molar-refractivity contribution is -0.0421. The second kappa shape index (κ2) is 5.93. The Morgan fingerprint density at radius 1 is 1.16 bits per heavy atom. The maximum absolute atomic E-state index is 5.89. The van der Waals surface area contributed by atoms with Gasteiger partial charge in [-0.15, -0.1) is 0 Å². The molecule has 1 atom stereocenters. The molecule has 0 spiro atoms. The lowest BCUT2D eigenvalue weighted by Crippen LogP contribution is -2.26. The quantitative estimate of drug-likeness (QED) is 0.842. The van der Waals surface area contributed by atoms with Crippen LogP contribution in [0.3, 0.4) is 0 Å². The zero-order valence-electron chi connectivity index (χ0n) is 11.7. The Bertz CT molecular complexity index is 427. The highest BCUT2D eigenvalue weighted by Crippen LogP contribution is 2.34. The molecule has 0 amide bonds. The Labute approximate surface area is 115 Å². The van der Waals surface area contributed by atoms with E-state index in [0.717, 1.165) is 25.2 Å². The van der Waals surface area contributed by atoms with Crippen molar-refractivity contribution in [3.05, 3.63) is 29.3 Å². The van der Waals surface area contributed by atoms with E-state index in [1.165, 1.54) is 36.8 Å². The van der Waals surface area contributed by atoms with Gasteiger partial charge < -0.3 is 4.74 Å². The van der Waals surface area contributed by atoms with Crippen molar-refractivity contribution in [2.75, 3.05) is 6.61 Å². The van der Waals surface area contributed by atoms with Gasteiger partial charge in [0.15, 0.2) is 0 Å². The fourth-order valence-electron chi connectivity index (χ4n) is 3.07. The first-order chi connectivity index (χ1) is 9.34. The fraction of sp³-hybridized carbons (Fsp3) is 0.625. The average Bonchev–Trinajstić information content (AvgIpc) is 2.84. The summed E-state index contributed by atoms with van der Waals surface area (Å²) in [6.45, 7) is 2.92. The molecule has 1 aromatic rings. The van der Waals surface area contributed by atoms with Gasteiger partial charge in [-0.3, -0.25) is 4.84 Å². The third kappa shape index (κ3) is 2.93. The number of hydrogen-bond donors (Lipinski definition) is 1. The smallest absolute Gasteiger partial charge is 0.127 e. The van der Waals surface area contributed by atoms with E-state index in [1.807, 2.05) is 0 Å². The standard InChI is InChI=1S/C16H23NO2/c1-12-6-4-9-14-15(10-5-11-18-16(12)14)17-19-13-7-2-3-8-13/h4,6,9,13,15,17H,2-3,5,7-8,10-11H2,1H3. The summed E-state index contributed by atoms with van der Waals surface area (Å²) in [5.41, 5.74) is 5.77. The van der Waals surface area contributed by atoms with Crippen molar-refractivity contribution >= 4 is 0 Å². The van der Waals surface area contributed by atoms with Gasteiger partial charge in [0.2, 0.25) is 0 Å². The predicted molar refractivity (Wildman–Crippen MR) is 75.1 cm³/mol. The number of benzene rings is 1. The minimum atomic E-state index is 0.262. The molecule has 0 aromatic heterocycles. The van der Waals surface area contributed by atoms with Gasteiger partial charge in [0, 0.05) is 5.56 Å². The SMILES string of the molecule is Cc1cccc2c1OCCCC2NOC1CCCC1. The summed E-state index contributed by atoms with van der Waals surface area (Å²) in [5, 5.41) is 0. The second-order valence-corrected chi connectivity index (χ2v) is 5.68. The van der Waals surface area contributed by atoms with Crippen LogP contribution in [0.5, 0.6) is 5.75 Å². The molecule has 0 bridgehead atoms. The molecular formula is C16H23NO2. The minimum absolute atomic E-state index is 0.262. The van der Waals surface area contributed by atoms with Crippen LogP contribution in [0.2, 0.25) is 0 Å². The van der Waals surface area contributed by atoms with Crippen LogP contribution in [0.4, 0.5) is 0 Å². The molecule has 1 aliphatic heterocycles. The van der Waals surface area contributed by atoms with E-state index in [-0.39, 0.29) is 6.04 Å². The van der Waals surface area contributed by atoms with Crippen molar-refractivity contribution in [1.82, 2.24) is 5.48 Å². The normalized spacial score (nSPS) is 23.7. The van der Waals surface area contributed by atoms with Crippen LogP contribution in [0.15, 0.2) is 18.2 Å². The molecule has 3 nitrogen and oxygen atoms in total. The Balaban J connectivity index is 1.72. The highest BCUT2D eigenvalue weighted by Gasteiger charge is 2.23. The average molecular weight is 261 g/mol. The third-order valence-electron chi connectivity index (χ3n) is 4.18. The van der Waals surface area contributed by atoms with Crippen molar-refractivity contribution in [2.24, 2.45) is 0 Å². The zero-order valence-corrected chi connectivity index (χ0v) is 11.7. The third-order valence-corrected chi connectivity index (χ3v) is 4.18. The van der Waals surface area contributed by atoms with Crippen LogP contribution < -0.4 is 10.2 Å². The minimum Gasteiger partial charge on any atom is -0.493 e. The number of aryl methyl sites for hydroxylation is 1. The lowest BCUT2D eigenvalue weighted by Gasteiger charge is -2.21. The molecule has 1 saturated carbocycles. The molecule has 1 heterocycles. The molecular weight excluding hydrogens is 238 g/mol. The monoisotopic (exact) mass is 261 g/mol. The Hall–Kier alpha value is -1.06. The highest BCUT2D eigenvalue weighted by atomic mass is 16.7. The molecule has 1 N–H and O–H groups in total. The van der Waals surface area contributed by atoms with Crippen molar-refractivity contribution in [1.29, 1.82) is 0 Å². The molecule has 1 fully saturated rings. The largest absolute Gasteiger partial charge is 0.493 e. The first-order valence-corrected chi connectivity index (χ1v) is 7.48. The van der Waals surface area contributed by atoms with E-state index >= 15 is 0 Å². The van der Waals surface area contributed by atoms with E-state index in [9.17, 15) is 0 Å². The molecule has 1 unspecified atom stereocenters. The molecule has 2 aliphatic rings. The van der Waals surface area contributed by atoms with E-state index in [4.69, 9.17) is 9.57 Å². The second-order valence-electron chi connectivity index (χ2n) is 5.68. The summed E-state index contributed by atoms with van der Waals surface area (Å²) in [5.74, 6) is 1.05. The van der Waals surface area contributed by atoms with Crippen LogP contribution in [0.1, 0.15) is 55.7 Å². The highest BCUT2D eigenvalue weighted by molar-refractivity contribution is 5.43. The molecule has 0 radical (unpaired) electrons. The Morgan fingerprint density at radius 3 is 2.84 bits per heavy atom. The topological polar surface area (TPSA) is 30.5 Å². The van der Waals surface area contributed by atoms with E-state index in [0.29, 0.717) is 6.10 Å². The van der Waals surface area contributed by atoms with Gasteiger partial charge in [0.25, 0.3) is 0 Å². The van der Waals surface area contributed by atoms with Gasteiger partial charge in [-0.2, -0.15) is 5.48 Å². The molecule has 1 aromatic carbocycles. The van der Waals surface area contributed by atoms with Crippen LogP contribution in [0, 0.1) is 6.92 Å². The summed E-state index contributed by atoms with van der Waals surface area (Å²) in [7, 11) is 0. The maximum Gasteiger partial charge on any atom is 0.127 e. The summed E-state index contributed by atoms with van der Waals surface area (Å²) < 4.78 is 5.89. The first-order valence-electron chi connectivity index (χ1n) is 7.48. The molecule has 3 heteroatoms. The number of ether oxygens (including phenoxy) is 1. The summed E-state index contributed by atoms with van der Waals surface area (Å²) in [6.07, 6.45) is 7.53. The number of nitrogens with one attached hydrogen (secondary N) is 1. The summed E-state index contributed by atoms with van der Waals surface area (Å²) >= 11 is 0. The Morgan fingerprint density at radius 2 is 2.00 bits per heavy atom. The van der Waals surface area contributed by atoms with Gasteiger partial charge >= 0.3 is 0 Å². The molecule has 104 valence electrons. The van der Waals surface area contributed by atoms with Crippen LogP contribution >= 0.6 is 0 Å². The molecule has 1 aliphatic carbocycles. The van der Waals surface area contributed by atoms with Crippen molar-refractivity contribution in [3.8, 4) is 5.75 Å². The molecule has 3 rings (SSSR count). The number of hydroxylamine groups is 1. The van der Waals surface area contributed by atoms with Crippen molar-refractivity contribution in [3.63, 3.8) is 0 Å². The maximum atomic E-state index is 5.89. The summed E-state index contributed by atoms with van der Waals surface area (Å²) in [4.78, 5) is 5.89. The van der Waals surface area contributed by atoms with Gasteiger partial charge in [-0.25, -0.2) is 0 Å². The van der Waals surface area contributed by atoms with Gasteiger partial charge in [0.05, 0.1) is 18.8 Å². The molecule has 0 saturated heterocycles. The number of hydrogen-bond acceptors (Lipinski definition) is 3. The zero-order chi connectivity index (χ0) is 13.1. The van der Waals surface area contributed by atoms with E-state index in [2.05, 4.69) is 30.6 Å². The van der Waals surface area contributed by atoms with E-state index < -0.39 is 0 Å². The number of rotatable bonds is 3. The Kier molecular flexibility index (Phi) is 4.04. The van der Waals surface area contributed by atoms with Gasteiger partial charge in [-0.1, -0.05) is 31.0 Å². The van der Waals surface area contributed by atoms with Crippen LogP contribution in [-0.4, -0.2) is 12.7 Å². The number of fused-ring (bicyclic) bond motifs is 1. The molecule has 19 heavy (non-hydrogen) atoms. The fourth-order valence-corrected chi connectivity index (χ4v) is 3.07. The first kappa shape index (κ1) is 12.9. The van der Waals surface area contributed by atoms with Crippen LogP contribution in [0.25, 0.3) is 0 Å². The van der Waals surface area contributed by atoms with E-state index in [1.54, 1.807) is 0 Å². The van der Waals surface area contributed by atoms with Crippen molar-refractivity contribution in [2.45, 2.75) is 57.6 Å². The lowest BCUT2D eigenvalue weighted by atomic mass is 10.0.